The number of benzene rings is 3. The van der Waals surface area contributed by atoms with Gasteiger partial charge in [-0.3, -0.25) is 9.48 Å². The van der Waals surface area contributed by atoms with E-state index in [1.807, 2.05) is 61.6 Å². The van der Waals surface area contributed by atoms with E-state index in [-0.39, 0.29) is 5.69 Å². The second kappa shape index (κ2) is 10.8. The van der Waals surface area contributed by atoms with Crippen LogP contribution in [0, 0.1) is 5.82 Å². The first-order valence-corrected chi connectivity index (χ1v) is 11.8. The Morgan fingerprint density at radius 1 is 0.921 bits per heavy atom. The molecule has 38 heavy (non-hydrogen) atoms. The quantitative estimate of drug-likeness (QED) is 0.214. The minimum atomic E-state index is -0.510. The number of carbonyl (C=O) groups excluding carboxylic acids is 1. The summed E-state index contributed by atoms with van der Waals surface area (Å²) in [6.07, 6.45) is 6.29. The topological polar surface area (TPSA) is 96.8 Å². The summed E-state index contributed by atoms with van der Waals surface area (Å²) in [5.41, 5.74) is 4.78. The van der Waals surface area contributed by atoms with Gasteiger partial charge in [0.05, 0.1) is 17.6 Å². The molecule has 0 radical (unpaired) electrons. The fourth-order valence-electron chi connectivity index (χ4n) is 3.96. The summed E-state index contributed by atoms with van der Waals surface area (Å²) in [5.74, 6) is -0.229. The standard InChI is InChI=1S/C29H24FN7O/c1-3-27(38)33-20-13-14-25(30)26(15-20)35-28-24(17-31-29(36-28)34-21-16-32-37(2)18-21)23-12-8-7-11-22(23)19-9-5-4-6-10-19/h3-18H,1H2,2H3,(H,33,38)(H2,31,34,35,36). The second-order valence-electron chi connectivity index (χ2n) is 8.41. The third kappa shape index (κ3) is 5.41. The van der Waals surface area contributed by atoms with Crippen molar-refractivity contribution >= 4 is 34.7 Å². The van der Waals surface area contributed by atoms with Gasteiger partial charge in [0.2, 0.25) is 11.9 Å². The van der Waals surface area contributed by atoms with Crippen LogP contribution in [0.2, 0.25) is 0 Å². The van der Waals surface area contributed by atoms with E-state index >= 15 is 0 Å². The van der Waals surface area contributed by atoms with Gasteiger partial charge in [-0.1, -0.05) is 61.2 Å². The zero-order valence-corrected chi connectivity index (χ0v) is 20.5. The molecule has 0 aliphatic carbocycles. The summed E-state index contributed by atoms with van der Waals surface area (Å²) < 4.78 is 16.6. The number of aromatic nitrogens is 4. The van der Waals surface area contributed by atoms with Crippen molar-refractivity contribution < 1.29 is 9.18 Å². The number of amides is 1. The fraction of sp³-hybridized carbons (Fsp3) is 0.0345. The number of rotatable bonds is 8. The molecule has 0 saturated heterocycles. The third-order valence-corrected chi connectivity index (χ3v) is 5.72. The Kier molecular flexibility index (Phi) is 6.90. The lowest BCUT2D eigenvalue weighted by molar-refractivity contribution is -0.111. The first-order valence-electron chi connectivity index (χ1n) is 11.8. The molecule has 0 saturated carbocycles. The summed E-state index contributed by atoms with van der Waals surface area (Å²) in [4.78, 5) is 21.0. The highest BCUT2D eigenvalue weighted by molar-refractivity contribution is 5.99. The Morgan fingerprint density at radius 3 is 2.42 bits per heavy atom. The molecule has 0 atom stereocenters. The average Bonchev–Trinajstić information content (AvgIpc) is 3.35. The highest BCUT2D eigenvalue weighted by Gasteiger charge is 2.16. The lowest BCUT2D eigenvalue weighted by Crippen LogP contribution is -2.08. The molecule has 5 rings (SSSR count). The van der Waals surface area contributed by atoms with Gasteiger partial charge in [0.1, 0.15) is 11.6 Å². The Hall–Kier alpha value is -5.31. The van der Waals surface area contributed by atoms with Gasteiger partial charge in [-0.15, -0.1) is 0 Å². The number of nitrogens with zero attached hydrogens (tertiary/aromatic N) is 4. The van der Waals surface area contributed by atoms with E-state index in [0.29, 0.717) is 28.7 Å². The molecule has 0 aliphatic heterocycles. The van der Waals surface area contributed by atoms with Gasteiger partial charge in [0.25, 0.3) is 0 Å². The van der Waals surface area contributed by atoms with Crippen molar-refractivity contribution in [3.8, 4) is 22.3 Å². The molecule has 2 heterocycles. The van der Waals surface area contributed by atoms with Crippen molar-refractivity contribution in [1.29, 1.82) is 0 Å². The van der Waals surface area contributed by atoms with Crippen LogP contribution in [0.1, 0.15) is 0 Å². The first kappa shape index (κ1) is 24.4. The molecule has 0 spiro atoms. The molecule has 8 nitrogen and oxygen atoms in total. The van der Waals surface area contributed by atoms with E-state index in [4.69, 9.17) is 4.98 Å². The van der Waals surface area contributed by atoms with Gasteiger partial charge in [-0.05, 0) is 41.0 Å². The van der Waals surface area contributed by atoms with Crippen molar-refractivity contribution in [2.45, 2.75) is 0 Å². The largest absolute Gasteiger partial charge is 0.337 e. The number of hydrogen-bond donors (Lipinski definition) is 3. The van der Waals surface area contributed by atoms with Crippen molar-refractivity contribution in [1.82, 2.24) is 19.7 Å². The molecule has 3 aromatic carbocycles. The van der Waals surface area contributed by atoms with E-state index in [9.17, 15) is 9.18 Å². The van der Waals surface area contributed by atoms with E-state index in [2.05, 4.69) is 32.6 Å². The van der Waals surface area contributed by atoms with Crippen LogP contribution in [0.15, 0.2) is 104 Å². The molecule has 188 valence electrons. The summed E-state index contributed by atoms with van der Waals surface area (Å²) in [6.45, 7) is 3.46. The molecular weight excluding hydrogens is 481 g/mol. The average molecular weight is 506 g/mol. The predicted molar refractivity (Wildman–Crippen MR) is 148 cm³/mol. The molecule has 1 amide bonds. The zero-order chi connectivity index (χ0) is 26.5. The fourth-order valence-corrected chi connectivity index (χ4v) is 3.96. The lowest BCUT2D eigenvalue weighted by atomic mass is 9.95. The van der Waals surface area contributed by atoms with Crippen LogP contribution in [0.25, 0.3) is 22.3 Å². The SMILES string of the molecule is C=CC(=O)Nc1ccc(F)c(Nc2nc(Nc3cnn(C)c3)ncc2-c2ccccc2-c2ccccc2)c1. The maximum absolute atomic E-state index is 14.9. The van der Waals surface area contributed by atoms with Crippen molar-refractivity contribution in [2.75, 3.05) is 16.0 Å². The molecule has 0 bridgehead atoms. The van der Waals surface area contributed by atoms with Gasteiger partial charge in [-0.25, -0.2) is 9.37 Å². The number of nitrogens with one attached hydrogen (secondary N) is 3. The molecule has 2 aromatic heterocycles. The normalized spacial score (nSPS) is 10.6. The molecule has 9 heteroatoms. The van der Waals surface area contributed by atoms with Gasteiger partial charge in [0.15, 0.2) is 0 Å². The number of hydrogen-bond acceptors (Lipinski definition) is 6. The van der Waals surface area contributed by atoms with Crippen LogP contribution < -0.4 is 16.0 Å². The Labute approximate surface area is 218 Å². The van der Waals surface area contributed by atoms with Crippen LogP contribution in [0.4, 0.5) is 33.2 Å². The maximum Gasteiger partial charge on any atom is 0.247 e. The highest BCUT2D eigenvalue weighted by atomic mass is 19.1. The van der Waals surface area contributed by atoms with Gasteiger partial charge in [0, 0.05) is 30.7 Å². The Balaban J connectivity index is 1.60. The lowest BCUT2D eigenvalue weighted by Gasteiger charge is -2.16. The van der Waals surface area contributed by atoms with Crippen LogP contribution in [0.3, 0.4) is 0 Å². The van der Waals surface area contributed by atoms with E-state index in [1.54, 1.807) is 23.3 Å². The number of anilines is 5. The van der Waals surface area contributed by atoms with Crippen LogP contribution in [0.5, 0.6) is 0 Å². The third-order valence-electron chi connectivity index (χ3n) is 5.72. The summed E-state index contributed by atoms with van der Waals surface area (Å²) in [6, 6.07) is 22.1. The minimum absolute atomic E-state index is 0.135. The van der Waals surface area contributed by atoms with E-state index < -0.39 is 11.7 Å². The van der Waals surface area contributed by atoms with Crippen LogP contribution in [-0.4, -0.2) is 25.7 Å². The van der Waals surface area contributed by atoms with Crippen molar-refractivity contribution in [2.24, 2.45) is 7.05 Å². The molecule has 5 aromatic rings. The van der Waals surface area contributed by atoms with Gasteiger partial charge >= 0.3 is 0 Å². The molecule has 0 unspecified atom stereocenters. The second-order valence-corrected chi connectivity index (χ2v) is 8.41. The van der Waals surface area contributed by atoms with E-state index in [0.717, 1.165) is 22.8 Å². The van der Waals surface area contributed by atoms with Gasteiger partial charge in [-0.2, -0.15) is 10.1 Å². The molecule has 0 aliphatic rings. The summed E-state index contributed by atoms with van der Waals surface area (Å²) >= 11 is 0. The number of carbonyl (C=O) groups is 1. The summed E-state index contributed by atoms with van der Waals surface area (Å²) in [7, 11) is 1.81. The highest BCUT2D eigenvalue weighted by Crippen LogP contribution is 2.37. The number of halogens is 1. The van der Waals surface area contributed by atoms with E-state index in [1.165, 1.54) is 18.2 Å². The zero-order valence-electron chi connectivity index (χ0n) is 20.5. The van der Waals surface area contributed by atoms with Crippen LogP contribution in [-0.2, 0) is 11.8 Å². The van der Waals surface area contributed by atoms with Crippen LogP contribution >= 0.6 is 0 Å². The first-order chi connectivity index (χ1) is 18.5. The molecule has 3 N–H and O–H groups in total. The predicted octanol–water partition coefficient (Wildman–Crippen LogP) is 6.29. The summed E-state index contributed by atoms with van der Waals surface area (Å²) in [5, 5.41) is 13.1. The Morgan fingerprint density at radius 2 is 1.68 bits per heavy atom. The van der Waals surface area contributed by atoms with Gasteiger partial charge < -0.3 is 16.0 Å². The number of aryl methyl sites for hydroxylation is 1. The van der Waals surface area contributed by atoms with Crippen molar-refractivity contribution in [3.05, 3.63) is 110 Å². The van der Waals surface area contributed by atoms with Crippen molar-refractivity contribution in [3.63, 3.8) is 0 Å². The Bertz CT molecular complexity index is 1610. The smallest absolute Gasteiger partial charge is 0.247 e. The maximum atomic E-state index is 14.9. The monoisotopic (exact) mass is 505 g/mol. The molecule has 0 fully saturated rings. The minimum Gasteiger partial charge on any atom is -0.337 e. The molecular formula is C29H24FN7O.